The van der Waals surface area contributed by atoms with E-state index in [1.165, 1.54) is 10.9 Å². The maximum Gasteiger partial charge on any atom is 0.355 e. The van der Waals surface area contributed by atoms with Crippen molar-refractivity contribution in [1.29, 1.82) is 0 Å². The van der Waals surface area contributed by atoms with Crippen LogP contribution in [0, 0.1) is 0 Å². The molecule has 0 amide bonds. The SMILES string of the molecule is Cn1cnn(S)c1=O. The Morgan fingerprint density at radius 3 is 2.62 bits per heavy atom. The Morgan fingerprint density at radius 1 is 1.88 bits per heavy atom. The van der Waals surface area contributed by atoms with E-state index in [1.54, 1.807) is 7.05 Å². The van der Waals surface area contributed by atoms with Gasteiger partial charge in [-0.1, -0.05) is 0 Å². The first kappa shape index (κ1) is 5.43. The molecule has 0 bridgehead atoms. The highest BCUT2D eigenvalue weighted by atomic mass is 32.1. The Balaban J connectivity index is 3.42. The Hall–Kier alpha value is -0.710. The molecule has 1 aromatic rings. The van der Waals surface area contributed by atoms with Crippen molar-refractivity contribution >= 4 is 12.8 Å². The van der Waals surface area contributed by atoms with Crippen LogP contribution in [-0.4, -0.2) is 13.8 Å². The summed E-state index contributed by atoms with van der Waals surface area (Å²) in [5, 5.41) is 3.55. The van der Waals surface area contributed by atoms with Crippen molar-refractivity contribution in [2.24, 2.45) is 7.05 Å². The molecule has 0 aliphatic carbocycles. The second-order valence-electron chi connectivity index (χ2n) is 1.41. The normalized spacial score (nSPS) is 9.75. The van der Waals surface area contributed by atoms with Gasteiger partial charge in [0.15, 0.2) is 0 Å². The van der Waals surface area contributed by atoms with Crippen LogP contribution in [-0.2, 0) is 7.05 Å². The van der Waals surface area contributed by atoms with Gasteiger partial charge in [0.05, 0.1) is 0 Å². The lowest BCUT2D eigenvalue weighted by molar-refractivity contribution is 0.851. The first-order valence-electron chi connectivity index (χ1n) is 2.01. The highest BCUT2D eigenvalue weighted by molar-refractivity contribution is 7.78. The van der Waals surface area contributed by atoms with Gasteiger partial charge in [-0.05, 0) is 12.8 Å². The topological polar surface area (TPSA) is 39.8 Å². The molecule has 1 rings (SSSR count). The van der Waals surface area contributed by atoms with Crippen molar-refractivity contribution in [1.82, 2.24) is 13.8 Å². The van der Waals surface area contributed by atoms with Crippen molar-refractivity contribution in [3.63, 3.8) is 0 Å². The zero-order valence-electron chi connectivity index (χ0n) is 4.27. The second-order valence-corrected chi connectivity index (χ2v) is 1.79. The standard InChI is InChI=1S/C3H5N3OS/c1-5-2-4-6(8)3(5)7/h2,8H,1H3. The van der Waals surface area contributed by atoms with Crippen LogP contribution < -0.4 is 5.69 Å². The lowest BCUT2D eigenvalue weighted by Gasteiger charge is -1.78. The molecule has 0 spiro atoms. The van der Waals surface area contributed by atoms with Crippen molar-refractivity contribution in [3.8, 4) is 0 Å². The number of aromatic nitrogens is 3. The minimum atomic E-state index is -0.228. The number of nitrogens with zero attached hydrogens (tertiary/aromatic N) is 3. The van der Waals surface area contributed by atoms with Gasteiger partial charge in [0.25, 0.3) is 0 Å². The fraction of sp³-hybridized carbons (Fsp3) is 0.333. The molecule has 5 heteroatoms. The minimum Gasteiger partial charge on any atom is -0.284 e. The summed E-state index contributed by atoms with van der Waals surface area (Å²) in [6, 6.07) is 0. The van der Waals surface area contributed by atoms with Gasteiger partial charge in [0, 0.05) is 7.05 Å². The molecule has 0 fully saturated rings. The van der Waals surface area contributed by atoms with Crippen molar-refractivity contribution in [3.05, 3.63) is 16.8 Å². The average Bonchev–Trinajstić information content (AvgIpc) is 1.98. The molecular weight excluding hydrogens is 126 g/mol. The molecule has 8 heavy (non-hydrogen) atoms. The van der Waals surface area contributed by atoms with Crippen molar-refractivity contribution in [2.45, 2.75) is 0 Å². The monoisotopic (exact) mass is 131 g/mol. The lowest BCUT2D eigenvalue weighted by Crippen LogP contribution is -2.16. The fourth-order valence-electron chi connectivity index (χ4n) is 0.366. The molecular formula is C3H5N3OS. The molecule has 0 atom stereocenters. The van der Waals surface area contributed by atoms with Crippen LogP contribution in [0.4, 0.5) is 0 Å². The van der Waals surface area contributed by atoms with Gasteiger partial charge in [-0.3, -0.25) is 4.57 Å². The predicted molar refractivity (Wildman–Crippen MR) is 31.9 cm³/mol. The molecule has 1 heterocycles. The third-order valence-electron chi connectivity index (χ3n) is 0.807. The van der Waals surface area contributed by atoms with E-state index < -0.39 is 0 Å². The van der Waals surface area contributed by atoms with Crippen LogP contribution in [0.25, 0.3) is 0 Å². The van der Waals surface area contributed by atoms with E-state index >= 15 is 0 Å². The van der Waals surface area contributed by atoms with Gasteiger partial charge < -0.3 is 0 Å². The average molecular weight is 131 g/mol. The Labute approximate surface area is 51.3 Å². The van der Waals surface area contributed by atoms with Crippen molar-refractivity contribution in [2.75, 3.05) is 0 Å². The molecule has 0 saturated carbocycles. The highest BCUT2D eigenvalue weighted by Crippen LogP contribution is 1.72. The first-order valence-corrected chi connectivity index (χ1v) is 2.41. The van der Waals surface area contributed by atoms with Crippen LogP contribution in [0.5, 0.6) is 0 Å². The number of aryl methyl sites for hydroxylation is 1. The first-order chi connectivity index (χ1) is 3.72. The summed E-state index contributed by atoms with van der Waals surface area (Å²) in [6.45, 7) is 0. The molecule has 0 radical (unpaired) electrons. The zero-order chi connectivity index (χ0) is 6.15. The van der Waals surface area contributed by atoms with Gasteiger partial charge in [-0.15, -0.1) is 5.10 Å². The van der Waals surface area contributed by atoms with Crippen LogP contribution in [0.15, 0.2) is 11.1 Å². The zero-order valence-corrected chi connectivity index (χ0v) is 5.17. The largest absolute Gasteiger partial charge is 0.355 e. The van der Waals surface area contributed by atoms with E-state index in [2.05, 4.69) is 17.9 Å². The third-order valence-corrected chi connectivity index (χ3v) is 1.08. The van der Waals surface area contributed by atoms with Crippen LogP contribution in [0.1, 0.15) is 0 Å². The molecule has 4 nitrogen and oxygen atoms in total. The molecule has 0 aromatic carbocycles. The quantitative estimate of drug-likeness (QED) is 0.472. The molecule has 0 saturated heterocycles. The number of hydrogen-bond donors (Lipinski definition) is 1. The molecule has 0 aliphatic rings. The van der Waals surface area contributed by atoms with E-state index in [4.69, 9.17) is 0 Å². The van der Waals surface area contributed by atoms with Gasteiger partial charge >= 0.3 is 5.69 Å². The molecule has 0 unspecified atom stereocenters. The van der Waals surface area contributed by atoms with Gasteiger partial charge in [0.1, 0.15) is 6.33 Å². The Morgan fingerprint density at radius 2 is 2.50 bits per heavy atom. The lowest BCUT2D eigenvalue weighted by atomic mass is 11.1. The van der Waals surface area contributed by atoms with E-state index in [9.17, 15) is 4.79 Å². The maximum atomic E-state index is 10.6. The van der Waals surface area contributed by atoms with Crippen molar-refractivity contribution < 1.29 is 0 Å². The van der Waals surface area contributed by atoms with E-state index in [1.807, 2.05) is 0 Å². The Kier molecular flexibility index (Phi) is 1.13. The summed E-state index contributed by atoms with van der Waals surface area (Å²) in [5.41, 5.74) is -0.228. The highest BCUT2D eigenvalue weighted by Gasteiger charge is 1.92. The summed E-state index contributed by atoms with van der Waals surface area (Å²) in [4.78, 5) is 10.6. The summed E-state index contributed by atoms with van der Waals surface area (Å²) >= 11 is 3.69. The third kappa shape index (κ3) is 0.645. The summed E-state index contributed by atoms with van der Waals surface area (Å²) in [7, 11) is 1.61. The summed E-state index contributed by atoms with van der Waals surface area (Å²) in [6.07, 6.45) is 1.40. The molecule has 0 N–H and O–H groups in total. The minimum absolute atomic E-state index is 0.228. The van der Waals surface area contributed by atoms with E-state index in [0.717, 1.165) is 4.09 Å². The molecule has 0 aliphatic heterocycles. The Bertz CT molecular complexity index is 214. The number of hydrogen-bond acceptors (Lipinski definition) is 3. The van der Waals surface area contributed by atoms with Gasteiger partial charge in [-0.25, -0.2) is 4.79 Å². The summed E-state index contributed by atoms with van der Waals surface area (Å²) in [5.74, 6) is 0. The molecule has 1 aromatic heterocycles. The van der Waals surface area contributed by atoms with Gasteiger partial charge in [0.2, 0.25) is 0 Å². The van der Waals surface area contributed by atoms with E-state index in [-0.39, 0.29) is 5.69 Å². The number of thiol groups is 1. The van der Waals surface area contributed by atoms with Gasteiger partial charge in [-0.2, -0.15) is 4.09 Å². The number of rotatable bonds is 0. The predicted octanol–water partition coefficient (Wildman–Crippen LogP) is -0.725. The summed E-state index contributed by atoms with van der Waals surface area (Å²) < 4.78 is 2.31. The maximum absolute atomic E-state index is 10.6. The van der Waals surface area contributed by atoms with E-state index in [0.29, 0.717) is 0 Å². The molecule has 44 valence electrons. The van der Waals surface area contributed by atoms with Crippen LogP contribution in [0.3, 0.4) is 0 Å². The fourth-order valence-corrected chi connectivity index (χ4v) is 0.554. The van der Waals surface area contributed by atoms with Crippen LogP contribution >= 0.6 is 12.8 Å². The second kappa shape index (κ2) is 1.66. The smallest absolute Gasteiger partial charge is 0.284 e. The van der Waals surface area contributed by atoms with Crippen LogP contribution in [0.2, 0.25) is 0 Å².